The van der Waals surface area contributed by atoms with Crippen LogP contribution in [0.25, 0.3) is 11.2 Å². The molecule has 0 radical (unpaired) electrons. The van der Waals surface area contributed by atoms with Crippen molar-refractivity contribution in [2.75, 3.05) is 19.0 Å². The van der Waals surface area contributed by atoms with Crippen LogP contribution in [0.5, 0.6) is 23.5 Å². The lowest BCUT2D eigenvalue weighted by Gasteiger charge is -2.27. The van der Waals surface area contributed by atoms with Gasteiger partial charge in [-0.25, -0.2) is 0 Å². The third kappa shape index (κ3) is 6.47. The average molecular weight is 598 g/mol. The summed E-state index contributed by atoms with van der Waals surface area (Å²) in [6.07, 6.45) is 8.04. The maximum Gasteiger partial charge on any atom is 0.320 e. The molecule has 3 heterocycles. The van der Waals surface area contributed by atoms with Gasteiger partial charge in [0.15, 0.2) is 23.4 Å². The second-order valence-corrected chi connectivity index (χ2v) is 14.0. The van der Waals surface area contributed by atoms with E-state index in [1.165, 1.54) is 0 Å². The van der Waals surface area contributed by atoms with E-state index in [0.29, 0.717) is 61.8 Å². The minimum Gasteiger partial charge on any atom is -0.480 e. The Bertz CT molecular complexity index is 1670. The van der Waals surface area contributed by atoms with Crippen LogP contribution in [0.2, 0.25) is 13.6 Å². The number of carbonyl (C=O) groups is 1. The lowest BCUT2D eigenvalue weighted by molar-refractivity contribution is 0.217. The number of aromatic nitrogens is 4. The molecule has 1 fully saturated rings. The molecule has 1 aliphatic carbocycles. The average Bonchev–Trinajstić information content (AvgIpc) is 3.78. The molecule has 4 aromatic rings. The zero-order chi connectivity index (χ0) is 30.1. The largest absolute Gasteiger partial charge is 0.480 e. The Morgan fingerprint density at radius 3 is 2.70 bits per heavy atom. The van der Waals surface area contributed by atoms with Crippen molar-refractivity contribution in [3.63, 3.8) is 0 Å². The van der Waals surface area contributed by atoms with Crippen molar-refractivity contribution in [3.05, 3.63) is 71.3 Å². The highest BCUT2D eigenvalue weighted by Crippen LogP contribution is 2.42. The molecule has 10 nitrogen and oxygen atoms in total. The first kappa shape index (κ1) is 29.0. The van der Waals surface area contributed by atoms with Crippen molar-refractivity contribution in [3.8, 4) is 23.5 Å². The van der Waals surface area contributed by atoms with Gasteiger partial charge in [-0.2, -0.15) is 15.0 Å². The van der Waals surface area contributed by atoms with E-state index in [-0.39, 0.29) is 17.8 Å². The van der Waals surface area contributed by atoms with E-state index in [4.69, 9.17) is 15.2 Å². The van der Waals surface area contributed by atoms with Gasteiger partial charge in [0.25, 0.3) is 6.01 Å². The fraction of sp³-hybridized carbons (Fsp3) is 0.355. The van der Waals surface area contributed by atoms with Crippen molar-refractivity contribution in [1.82, 2.24) is 24.4 Å². The van der Waals surface area contributed by atoms with E-state index in [9.17, 15) is 9.90 Å². The fourth-order valence-corrected chi connectivity index (χ4v) is 6.15. The fourth-order valence-electron chi connectivity index (χ4n) is 5.07. The number of fused-ring (bicyclic) bond motifs is 3. The maximum atomic E-state index is 13.2. The van der Waals surface area contributed by atoms with E-state index in [2.05, 4.69) is 58.4 Å². The molecule has 1 unspecified atom stereocenters. The molecule has 0 spiro atoms. The van der Waals surface area contributed by atoms with E-state index < -0.39 is 7.80 Å². The molecule has 6 rings (SSSR count). The molecule has 0 saturated heterocycles. The van der Waals surface area contributed by atoms with Gasteiger partial charge in [0.1, 0.15) is 11.5 Å². The summed E-state index contributed by atoms with van der Waals surface area (Å²) >= 11 is 0. The van der Waals surface area contributed by atoms with E-state index in [1.54, 1.807) is 4.57 Å². The van der Waals surface area contributed by atoms with Gasteiger partial charge >= 0.3 is 6.01 Å². The third-order valence-corrected chi connectivity index (χ3v) is 10.3. The van der Waals surface area contributed by atoms with Crippen molar-refractivity contribution in [2.24, 2.45) is 0 Å². The van der Waals surface area contributed by atoms with E-state index >= 15 is 0 Å². The number of carbonyl (C=O) groups excluding carboxylic acids is 1. The van der Waals surface area contributed by atoms with Crippen LogP contribution in [0.1, 0.15) is 36.0 Å². The number of imidazole rings is 1. The Balaban J connectivity index is 1.23. The number of anilines is 1. The van der Waals surface area contributed by atoms with Crippen LogP contribution in [0.4, 0.5) is 10.6 Å². The molecule has 4 bridgehead atoms. The summed E-state index contributed by atoms with van der Waals surface area (Å²) in [5, 5.41) is 10.6. The highest BCUT2D eigenvalue weighted by molar-refractivity contribution is 8.01. The van der Waals surface area contributed by atoms with Crippen molar-refractivity contribution < 1.29 is 19.4 Å². The zero-order valence-corrected chi connectivity index (χ0v) is 25.6. The van der Waals surface area contributed by atoms with Crippen molar-refractivity contribution in [1.29, 1.82) is 0 Å². The zero-order valence-electron chi connectivity index (χ0n) is 24.7. The number of amides is 1. The third-order valence-electron chi connectivity index (χ3n) is 7.88. The summed E-state index contributed by atoms with van der Waals surface area (Å²) < 4.78 is 13.7. The number of aromatic hydroxyl groups is 1. The Morgan fingerprint density at radius 1 is 1.16 bits per heavy atom. The molecule has 222 valence electrons. The Kier molecular flexibility index (Phi) is 8.26. The number of nitrogen functional groups attached to an aromatic ring is 1. The predicted octanol–water partition coefficient (Wildman–Crippen LogP) is 6.28. The van der Waals surface area contributed by atoms with Gasteiger partial charge in [0, 0.05) is 12.6 Å². The Morgan fingerprint density at radius 2 is 1.95 bits per heavy atom. The summed E-state index contributed by atoms with van der Waals surface area (Å²) in [5.74, 6) is 1.64. The number of benzene rings is 2. The lowest BCUT2D eigenvalue weighted by atomic mass is 9.84. The monoisotopic (exact) mass is 598 g/mol. The molecule has 1 aliphatic heterocycles. The summed E-state index contributed by atoms with van der Waals surface area (Å²) in [4.78, 5) is 28.1. The van der Waals surface area contributed by atoms with Gasteiger partial charge in [-0.1, -0.05) is 51.8 Å². The summed E-state index contributed by atoms with van der Waals surface area (Å²) in [6.45, 7) is 7.70. The minimum atomic E-state index is -0.687. The molecule has 2 aliphatic rings. The quantitative estimate of drug-likeness (QED) is 0.145. The first-order valence-electron chi connectivity index (χ1n) is 14.7. The van der Waals surface area contributed by atoms with Gasteiger partial charge in [-0.3, -0.25) is 9.36 Å². The molecule has 1 atom stereocenters. The summed E-state index contributed by atoms with van der Waals surface area (Å²) in [7, 11) is -0.687. The molecule has 43 heavy (non-hydrogen) atoms. The Hall–Kier alpha value is -4.11. The first-order chi connectivity index (χ1) is 20.8. The summed E-state index contributed by atoms with van der Waals surface area (Å²) in [6, 6.07) is 14.4. The number of ether oxygens (including phenoxy) is 2. The highest BCUT2D eigenvalue weighted by atomic mass is 31.1. The van der Waals surface area contributed by atoms with Crippen LogP contribution in [-0.2, 0) is 19.5 Å². The Labute approximate surface area is 252 Å². The summed E-state index contributed by atoms with van der Waals surface area (Å²) in [5.41, 5.74) is 10.2. The molecule has 1 amide bonds. The van der Waals surface area contributed by atoms with Gasteiger partial charge in [-0.15, -0.1) is 0 Å². The number of hydrogen-bond donors (Lipinski definition) is 2. The molecule has 3 N–H and O–H groups in total. The molecule has 1 saturated carbocycles. The van der Waals surface area contributed by atoms with Crippen LogP contribution < -0.4 is 15.2 Å². The van der Waals surface area contributed by atoms with Crippen molar-refractivity contribution in [2.45, 2.75) is 58.5 Å². The van der Waals surface area contributed by atoms with Crippen LogP contribution in [0, 0.1) is 0 Å². The predicted molar refractivity (Wildman–Crippen MR) is 171 cm³/mol. The van der Waals surface area contributed by atoms with E-state index in [1.807, 2.05) is 36.4 Å². The smallest absolute Gasteiger partial charge is 0.320 e. The lowest BCUT2D eigenvalue weighted by Crippen LogP contribution is -2.31. The number of nitrogens with two attached hydrogens (primary N) is 1. The van der Waals surface area contributed by atoms with E-state index in [0.717, 1.165) is 41.0 Å². The van der Waals surface area contributed by atoms with Gasteiger partial charge in [0.05, 0.1) is 13.2 Å². The second-order valence-electron chi connectivity index (χ2n) is 11.4. The van der Waals surface area contributed by atoms with Gasteiger partial charge < -0.3 is 25.2 Å². The normalized spacial score (nSPS) is 16.3. The van der Waals surface area contributed by atoms with Crippen LogP contribution in [-0.4, -0.2) is 60.9 Å². The van der Waals surface area contributed by atoms with Crippen LogP contribution in [0.15, 0.2) is 54.6 Å². The van der Waals surface area contributed by atoms with Gasteiger partial charge in [0.2, 0.25) is 5.65 Å². The highest BCUT2D eigenvalue weighted by Gasteiger charge is 2.35. The first-order valence-corrected chi connectivity index (χ1v) is 16.5. The second kappa shape index (κ2) is 12.2. The molecule has 2 aromatic heterocycles. The number of rotatable bonds is 7. The maximum absolute atomic E-state index is 13.2. The SMILES string of the molecule is CB(C)P(C)C(=O)N(Cc1ccc(Oc2ccc3cc2C/C=C/CCOc2nc(N)c4nc(O)n(c4n2)C3)cc1)C1CC1. The minimum absolute atomic E-state index is 0.157. The standard InChI is InChI=1S/C31H36BN6O4P/c1-32(2)43(3)31(40)37(23-11-12-23)18-20-8-13-24(14-9-20)42-25-15-10-21-17-22(25)7-5-4-6-16-41-29-35-27(33)26-28(36-29)38(19-21)30(39)34-26/h4-5,8-10,13-15,17,23H,6-7,11-12,16,18-19H2,1-3H3,(H,34,39)(H2,33,35,36)/b5-4+. The number of nitrogens with zero attached hydrogens (tertiary/aromatic N) is 5. The van der Waals surface area contributed by atoms with Gasteiger partial charge in [-0.05, 0) is 73.3 Å². The molecular weight excluding hydrogens is 562 g/mol. The number of hydrogen-bond acceptors (Lipinski definition) is 8. The number of allylic oxidation sites excluding steroid dienone is 1. The van der Waals surface area contributed by atoms with Crippen LogP contribution in [0.3, 0.4) is 0 Å². The van der Waals surface area contributed by atoms with Crippen LogP contribution >= 0.6 is 7.80 Å². The molecule has 12 heteroatoms. The van der Waals surface area contributed by atoms with Crippen molar-refractivity contribution >= 4 is 36.9 Å². The topological polar surface area (TPSA) is 129 Å². The molecule has 2 aromatic carbocycles. The molecular formula is C31H36BN6O4P.